The molecule has 3 aliphatic rings. The number of amides is 3. The van der Waals surface area contributed by atoms with Gasteiger partial charge in [-0.25, -0.2) is 0 Å². The summed E-state index contributed by atoms with van der Waals surface area (Å²) in [6.45, 7) is 10.3. The first-order chi connectivity index (χ1) is 16.3. The Bertz CT molecular complexity index is 957. The van der Waals surface area contributed by atoms with Crippen molar-refractivity contribution in [2.45, 2.75) is 83.9 Å². The molecule has 2 heterocycles. The average molecular weight is 507 g/mol. The minimum atomic E-state index is -0.808. The fourth-order valence-electron chi connectivity index (χ4n) is 5.30. The zero-order chi connectivity index (χ0) is 24.5. The lowest BCUT2D eigenvalue weighted by Gasteiger charge is -2.47. The summed E-state index contributed by atoms with van der Waals surface area (Å²) in [5.41, 5.74) is 1.26. The van der Waals surface area contributed by atoms with E-state index >= 15 is 0 Å². The Labute approximate surface area is 214 Å². The van der Waals surface area contributed by atoms with Crippen LogP contribution in [-0.4, -0.2) is 66.5 Å². The number of carbonyl (C=O) groups excluding carboxylic acids is 3. The zero-order valence-electron chi connectivity index (χ0n) is 21.3. The van der Waals surface area contributed by atoms with Crippen LogP contribution >= 0.6 is 12.4 Å². The van der Waals surface area contributed by atoms with Gasteiger partial charge in [-0.1, -0.05) is 6.92 Å². The van der Waals surface area contributed by atoms with E-state index in [1.807, 2.05) is 24.0 Å². The maximum atomic E-state index is 13.8. The van der Waals surface area contributed by atoms with Gasteiger partial charge in [-0.2, -0.15) is 0 Å². The van der Waals surface area contributed by atoms with Crippen molar-refractivity contribution in [1.82, 2.24) is 15.5 Å². The van der Waals surface area contributed by atoms with Gasteiger partial charge in [0.15, 0.2) is 5.60 Å². The molecule has 194 valence electrons. The molecule has 1 saturated carbocycles. The summed E-state index contributed by atoms with van der Waals surface area (Å²) in [7, 11) is 0. The first-order valence-electron chi connectivity index (χ1n) is 12.7. The van der Waals surface area contributed by atoms with Gasteiger partial charge < -0.3 is 25.2 Å². The smallest absolute Gasteiger partial charge is 0.271 e. The van der Waals surface area contributed by atoms with Gasteiger partial charge in [-0.3, -0.25) is 14.4 Å². The van der Waals surface area contributed by atoms with Crippen molar-refractivity contribution in [2.24, 2.45) is 0 Å². The fraction of sp³-hybridized carbons (Fsp3) is 0.654. The number of hydrogen-bond acceptors (Lipinski definition) is 5. The highest BCUT2D eigenvalue weighted by atomic mass is 35.5. The third-order valence-corrected chi connectivity index (χ3v) is 7.36. The number of aryl methyl sites for hydroxylation is 1. The quantitative estimate of drug-likeness (QED) is 0.592. The number of fused-ring (bicyclic) bond motifs is 1. The Morgan fingerprint density at radius 3 is 2.60 bits per heavy atom. The molecule has 9 heteroatoms. The SMILES string of the molecule is CCC(=O)NCCN1C(=O)C2(CCC2)Oc2cc(C)c(C(=O)N(C(C)C)[C@@H]3CCCNC3)cc21.Cl. The number of benzene rings is 1. The molecule has 0 radical (unpaired) electrons. The summed E-state index contributed by atoms with van der Waals surface area (Å²) in [5.74, 6) is 0.509. The molecule has 3 amide bonds. The standard InChI is InChI=1S/C26H38N4O4.ClH/c1-5-23(31)28-12-13-29-21-15-20(24(32)30(17(2)3)19-8-6-11-27-16-19)18(4)14-22(21)34-26(25(29)33)9-7-10-26;/h14-15,17,19,27H,5-13,16H2,1-4H3,(H,28,31);1H/t19-;/m1./s1. The highest BCUT2D eigenvalue weighted by molar-refractivity contribution is 6.05. The van der Waals surface area contributed by atoms with E-state index in [0.29, 0.717) is 49.4 Å². The van der Waals surface area contributed by atoms with Crippen molar-refractivity contribution in [3.63, 3.8) is 0 Å². The van der Waals surface area contributed by atoms with E-state index < -0.39 is 5.60 Å². The predicted octanol–water partition coefficient (Wildman–Crippen LogP) is 3.19. The van der Waals surface area contributed by atoms with Crippen LogP contribution in [0.3, 0.4) is 0 Å². The van der Waals surface area contributed by atoms with E-state index in [-0.39, 0.29) is 42.2 Å². The molecule has 2 aliphatic heterocycles. The van der Waals surface area contributed by atoms with Crippen LogP contribution in [0.5, 0.6) is 5.75 Å². The van der Waals surface area contributed by atoms with Gasteiger partial charge in [0.25, 0.3) is 11.8 Å². The lowest BCUT2D eigenvalue weighted by molar-refractivity contribution is -0.143. The number of hydrogen-bond donors (Lipinski definition) is 2. The first-order valence-corrected chi connectivity index (χ1v) is 12.7. The van der Waals surface area contributed by atoms with Crippen LogP contribution in [0.15, 0.2) is 12.1 Å². The zero-order valence-corrected chi connectivity index (χ0v) is 22.1. The Morgan fingerprint density at radius 2 is 2.03 bits per heavy atom. The summed E-state index contributed by atoms with van der Waals surface area (Å²) in [6, 6.07) is 3.94. The van der Waals surface area contributed by atoms with Gasteiger partial charge in [-0.05, 0) is 77.1 Å². The van der Waals surface area contributed by atoms with Gasteiger partial charge >= 0.3 is 0 Å². The molecule has 1 spiro atoms. The molecule has 2 fully saturated rings. The number of rotatable bonds is 7. The summed E-state index contributed by atoms with van der Waals surface area (Å²) < 4.78 is 6.27. The van der Waals surface area contributed by atoms with E-state index in [2.05, 4.69) is 24.5 Å². The lowest BCUT2D eigenvalue weighted by atomic mass is 9.77. The number of piperidine rings is 1. The summed E-state index contributed by atoms with van der Waals surface area (Å²) in [4.78, 5) is 42.7. The van der Waals surface area contributed by atoms with E-state index in [1.54, 1.807) is 11.8 Å². The van der Waals surface area contributed by atoms with E-state index in [9.17, 15) is 14.4 Å². The molecule has 35 heavy (non-hydrogen) atoms. The van der Waals surface area contributed by atoms with Crippen molar-refractivity contribution >= 4 is 35.8 Å². The lowest BCUT2D eigenvalue weighted by Crippen LogP contribution is -2.61. The number of anilines is 1. The van der Waals surface area contributed by atoms with Crippen LogP contribution in [0.25, 0.3) is 0 Å². The highest BCUT2D eigenvalue weighted by Crippen LogP contribution is 2.47. The van der Waals surface area contributed by atoms with Gasteiger partial charge in [0.1, 0.15) is 5.75 Å². The van der Waals surface area contributed by atoms with Crippen molar-refractivity contribution in [3.05, 3.63) is 23.3 Å². The van der Waals surface area contributed by atoms with Crippen molar-refractivity contribution < 1.29 is 19.1 Å². The minimum Gasteiger partial charge on any atom is -0.475 e. The number of nitrogens with zero attached hydrogens (tertiary/aromatic N) is 2. The van der Waals surface area contributed by atoms with Crippen LogP contribution in [0.4, 0.5) is 5.69 Å². The molecule has 0 unspecified atom stereocenters. The van der Waals surface area contributed by atoms with Crippen LogP contribution in [0.1, 0.15) is 75.2 Å². The van der Waals surface area contributed by atoms with E-state index in [0.717, 1.165) is 37.9 Å². The van der Waals surface area contributed by atoms with Crippen molar-refractivity contribution in [1.29, 1.82) is 0 Å². The number of ether oxygens (including phenoxy) is 1. The van der Waals surface area contributed by atoms with Gasteiger partial charge in [0, 0.05) is 43.7 Å². The third-order valence-electron chi connectivity index (χ3n) is 7.36. The molecule has 1 aliphatic carbocycles. The molecule has 4 rings (SSSR count). The topological polar surface area (TPSA) is 91.0 Å². The highest BCUT2D eigenvalue weighted by Gasteiger charge is 2.52. The van der Waals surface area contributed by atoms with E-state index in [1.165, 1.54) is 0 Å². The molecule has 2 N–H and O–H groups in total. The molecule has 0 aromatic heterocycles. The van der Waals surface area contributed by atoms with Crippen LogP contribution in [0.2, 0.25) is 0 Å². The van der Waals surface area contributed by atoms with Gasteiger partial charge in [-0.15, -0.1) is 12.4 Å². The van der Waals surface area contributed by atoms with Crippen molar-refractivity contribution in [3.8, 4) is 5.75 Å². The second-order valence-corrected chi connectivity index (χ2v) is 10.1. The minimum absolute atomic E-state index is 0. The fourth-order valence-corrected chi connectivity index (χ4v) is 5.30. The molecule has 1 aromatic rings. The number of carbonyl (C=O) groups is 3. The monoisotopic (exact) mass is 506 g/mol. The molecular weight excluding hydrogens is 468 g/mol. The first kappa shape index (κ1) is 27.3. The maximum Gasteiger partial charge on any atom is 0.271 e. The van der Waals surface area contributed by atoms with Crippen LogP contribution in [-0.2, 0) is 9.59 Å². The Hall–Kier alpha value is -2.32. The Balaban J connectivity index is 0.00000342. The predicted molar refractivity (Wildman–Crippen MR) is 138 cm³/mol. The number of halogens is 1. The Kier molecular flexibility index (Phi) is 8.70. The Morgan fingerprint density at radius 1 is 1.29 bits per heavy atom. The molecular formula is C26H39ClN4O4. The van der Waals surface area contributed by atoms with Gasteiger partial charge in [0.05, 0.1) is 5.69 Å². The molecule has 1 aromatic carbocycles. The van der Waals surface area contributed by atoms with Gasteiger partial charge in [0.2, 0.25) is 5.91 Å². The average Bonchev–Trinajstić information content (AvgIpc) is 2.79. The maximum absolute atomic E-state index is 13.8. The molecule has 0 bridgehead atoms. The largest absolute Gasteiger partial charge is 0.475 e. The van der Waals surface area contributed by atoms with E-state index in [4.69, 9.17) is 4.74 Å². The molecule has 1 saturated heterocycles. The molecule has 1 atom stereocenters. The summed E-state index contributed by atoms with van der Waals surface area (Å²) >= 11 is 0. The molecule has 8 nitrogen and oxygen atoms in total. The summed E-state index contributed by atoms with van der Waals surface area (Å²) in [6.07, 6.45) is 4.77. The third kappa shape index (κ3) is 5.28. The second-order valence-electron chi connectivity index (χ2n) is 10.1. The number of nitrogens with one attached hydrogen (secondary N) is 2. The van der Waals surface area contributed by atoms with Crippen LogP contribution in [0, 0.1) is 6.92 Å². The second kappa shape index (κ2) is 11.2. The normalized spacial score (nSPS) is 20.4. The van der Waals surface area contributed by atoms with Crippen molar-refractivity contribution in [2.75, 3.05) is 31.1 Å². The summed E-state index contributed by atoms with van der Waals surface area (Å²) in [5, 5.41) is 6.28. The van der Waals surface area contributed by atoms with Crippen LogP contribution < -0.4 is 20.3 Å².